The van der Waals surface area contributed by atoms with Crippen LogP contribution in [0.1, 0.15) is 26.3 Å². The highest BCUT2D eigenvalue weighted by molar-refractivity contribution is 6.33. The predicted octanol–water partition coefficient (Wildman–Crippen LogP) is 2.42. The minimum Gasteiger partial charge on any atom is -0.394 e. The average Bonchev–Trinajstić information content (AvgIpc) is 2.46. The van der Waals surface area contributed by atoms with Crippen molar-refractivity contribution in [1.82, 2.24) is 5.32 Å². The van der Waals surface area contributed by atoms with E-state index in [1.807, 2.05) is 12.1 Å². The molecule has 0 amide bonds. The smallest absolute Gasteiger partial charge is 0.0981 e. The van der Waals surface area contributed by atoms with Crippen LogP contribution in [-0.4, -0.2) is 43.1 Å². The van der Waals surface area contributed by atoms with E-state index in [0.29, 0.717) is 19.2 Å². The number of aliphatic hydroxyl groups excluding tert-OH is 1. The highest BCUT2D eigenvalue weighted by Crippen LogP contribution is 2.33. The molecule has 1 aromatic carbocycles. The van der Waals surface area contributed by atoms with Gasteiger partial charge in [0.05, 0.1) is 30.0 Å². The standard InChI is InChI=1S/C16H25ClN2O2/c1-11(2)18-7-13-5-4-6-15(17)16(13)19-8-14(9-20)21-10-12(19)3/h4-6,11-12,14,18,20H,7-10H2,1-3H3. The Morgan fingerprint density at radius 2 is 2.24 bits per heavy atom. The quantitative estimate of drug-likeness (QED) is 0.876. The van der Waals surface area contributed by atoms with Crippen LogP contribution in [0, 0.1) is 0 Å². The molecular formula is C16H25ClN2O2. The molecule has 21 heavy (non-hydrogen) atoms. The van der Waals surface area contributed by atoms with E-state index < -0.39 is 0 Å². The molecule has 2 atom stereocenters. The van der Waals surface area contributed by atoms with Gasteiger partial charge in [0.1, 0.15) is 0 Å². The molecule has 1 saturated heterocycles. The molecule has 0 bridgehead atoms. The Kier molecular flexibility index (Phi) is 5.88. The molecule has 2 unspecified atom stereocenters. The summed E-state index contributed by atoms with van der Waals surface area (Å²) in [5, 5.41) is 13.6. The number of nitrogens with one attached hydrogen (secondary N) is 1. The van der Waals surface area contributed by atoms with Crippen molar-refractivity contribution in [3.05, 3.63) is 28.8 Å². The van der Waals surface area contributed by atoms with Gasteiger partial charge in [-0.3, -0.25) is 0 Å². The Morgan fingerprint density at radius 3 is 2.90 bits per heavy atom. The first-order valence-electron chi connectivity index (χ1n) is 7.52. The summed E-state index contributed by atoms with van der Waals surface area (Å²) in [6.45, 7) is 8.46. The zero-order valence-electron chi connectivity index (χ0n) is 13.0. The van der Waals surface area contributed by atoms with Crippen LogP contribution < -0.4 is 10.2 Å². The fourth-order valence-corrected chi connectivity index (χ4v) is 2.88. The molecule has 5 heteroatoms. The maximum atomic E-state index is 9.36. The van der Waals surface area contributed by atoms with Gasteiger partial charge < -0.3 is 20.1 Å². The summed E-state index contributed by atoms with van der Waals surface area (Å²) in [6.07, 6.45) is -0.150. The van der Waals surface area contributed by atoms with E-state index in [2.05, 4.69) is 37.1 Å². The van der Waals surface area contributed by atoms with Crippen molar-refractivity contribution in [2.75, 3.05) is 24.7 Å². The Hall–Kier alpha value is -0.810. The number of hydrogen-bond donors (Lipinski definition) is 2. The van der Waals surface area contributed by atoms with Crippen LogP contribution >= 0.6 is 11.6 Å². The summed E-state index contributed by atoms with van der Waals surface area (Å²) in [5.74, 6) is 0. The minimum atomic E-state index is -0.150. The minimum absolute atomic E-state index is 0.0350. The second kappa shape index (κ2) is 7.45. The van der Waals surface area contributed by atoms with Crippen LogP contribution in [0.5, 0.6) is 0 Å². The second-order valence-electron chi connectivity index (χ2n) is 5.92. The highest BCUT2D eigenvalue weighted by atomic mass is 35.5. The van der Waals surface area contributed by atoms with E-state index in [0.717, 1.165) is 17.3 Å². The van der Waals surface area contributed by atoms with Crippen molar-refractivity contribution < 1.29 is 9.84 Å². The molecule has 1 heterocycles. The molecule has 2 N–H and O–H groups in total. The number of para-hydroxylation sites is 1. The van der Waals surface area contributed by atoms with Crippen molar-refractivity contribution in [1.29, 1.82) is 0 Å². The first-order valence-corrected chi connectivity index (χ1v) is 7.90. The molecule has 0 saturated carbocycles. The van der Waals surface area contributed by atoms with Crippen LogP contribution in [0.15, 0.2) is 18.2 Å². The largest absolute Gasteiger partial charge is 0.394 e. The van der Waals surface area contributed by atoms with Crippen molar-refractivity contribution in [2.45, 2.75) is 45.5 Å². The van der Waals surface area contributed by atoms with E-state index in [4.69, 9.17) is 16.3 Å². The van der Waals surface area contributed by atoms with Gasteiger partial charge in [-0.25, -0.2) is 0 Å². The number of ether oxygens (including phenoxy) is 1. The van der Waals surface area contributed by atoms with Gasteiger partial charge >= 0.3 is 0 Å². The van der Waals surface area contributed by atoms with E-state index >= 15 is 0 Å². The lowest BCUT2D eigenvalue weighted by Crippen LogP contribution is -2.50. The second-order valence-corrected chi connectivity index (χ2v) is 6.33. The molecule has 1 fully saturated rings. The van der Waals surface area contributed by atoms with Gasteiger partial charge in [-0.2, -0.15) is 0 Å². The number of aliphatic hydroxyl groups is 1. The van der Waals surface area contributed by atoms with Gasteiger partial charge in [0.2, 0.25) is 0 Å². The summed E-state index contributed by atoms with van der Waals surface area (Å²) < 4.78 is 5.62. The van der Waals surface area contributed by atoms with Crippen LogP contribution in [0.2, 0.25) is 5.02 Å². The van der Waals surface area contributed by atoms with Crippen molar-refractivity contribution in [2.24, 2.45) is 0 Å². The average molecular weight is 313 g/mol. The third-order valence-electron chi connectivity index (χ3n) is 3.77. The van der Waals surface area contributed by atoms with Gasteiger partial charge in [-0.05, 0) is 18.6 Å². The highest BCUT2D eigenvalue weighted by Gasteiger charge is 2.28. The van der Waals surface area contributed by atoms with Crippen molar-refractivity contribution >= 4 is 17.3 Å². The topological polar surface area (TPSA) is 44.7 Å². The van der Waals surface area contributed by atoms with Crippen molar-refractivity contribution in [3.8, 4) is 0 Å². The zero-order chi connectivity index (χ0) is 15.4. The van der Waals surface area contributed by atoms with Gasteiger partial charge in [0, 0.05) is 25.2 Å². The first kappa shape index (κ1) is 16.6. The maximum Gasteiger partial charge on any atom is 0.0981 e. The van der Waals surface area contributed by atoms with Crippen LogP contribution in [0.3, 0.4) is 0 Å². The summed E-state index contributed by atoms with van der Waals surface area (Å²) >= 11 is 6.46. The molecule has 0 aliphatic carbocycles. The summed E-state index contributed by atoms with van der Waals surface area (Å²) in [7, 11) is 0. The zero-order valence-corrected chi connectivity index (χ0v) is 13.7. The number of nitrogens with zero attached hydrogens (tertiary/aromatic N) is 1. The molecule has 0 aromatic heterocycles. The van der Waals surface area contributed by atoms with Gasteiger partial charge in [0.25, 0.3) is 0 Å². The van der Waals surface area contributed by atoms with E-state index in [1.54, 1.807) is 0 Å². The molecule has 4 nitrogen and oxygen atoms in total. The summed E-state index contributed by atoms with van der Waals surface area (Å²) in [6, 6.07) is 6.67. The fraction of sp³-hybridized carbons (Fsp3) is 0.625. The number of halogens is 1. The lowest BCUT2D eigenvalue weighted by atomic mass is 10.1. The summed E-state index contributed by atoms with van der Waals surface area (Å²) in [5.41, 5.74) is 2.24. The van der Waals surface area contributed by atoms with E-state index in [-0.39, 0.29) is 18.8 Å². The van der Waals surface area contributed by atoms with Gasteiger partial charge in [0.15, 0.2) is 0 Å². The third kappa shape index (κ3) is 4.10. The number of hydrogen-bond acceptors (Lipinski definition) is 4. The number of morpholine rings is 1. The maximum absolute atomic E-state index is 9.36. The van der Waals surface area contributed by atoms with Crippen LogP contribution in [0.4, 0.5) is 5.69 Å². The lowest BCUT2D eigenvalue weighted by molar-refractivity contribution is -0.0103. The molecule has 1 aromatic rings. The lowest BCUT2D eigenvalue weighted by Gasteiger charge is -2.40. The fourth-order valence-electron chi connectivity index (χ4n) is 2.58. The summed E-state index contributed by atoms with van der Waals surface area (Å²) in [4.78, 5) is 2.25. The number of benzene rings is 1. The molecule has 0 spiro atoms. The predicted molar refractivity (Wildman–Crippen MR) is 87.1 cm³/mol. The molecule has 118 valence electrons. The molecule has 1 aliphatic rings. The van der Waals surface area contributed by atoms with E-state index in [9.17, 15) is 5.11 Å². The number of rotatable bonds is 5. The van der Waals surface area contributed by atoms with Crippen LogP contribution in [0.25, 0.3) is 0 Å². The SMILES string of the molecule is CC(C)NCc1cccc(Cl)c1N1CC(CO)OCC1C. The van der Waals surface area contributed by atoms with Gasteiger partial charge in [-0.15, -0.1) is 0 Å². The van der Waals surface area contributed by atoms with Gasteiger partial charge in [-0.1, -0.05) is 37.6 Å². The van der Waals surface area contributed by atoms with E-state index in [1.165, 1.54) is 5.56 Å². The first-order chi connectivity index (χ1) is 10.0. The molecular weight excluding hydrogens is 288 g/mol. The monoisotopic (exact) mass is 312 g/mol. The Balaban J connectivity index is 2.27. The van der Waals surface area contributed by atoms with Crippen molar-refractivity contribution in [3.63, 3.8) is 0 Å². The Labute approximate surface area is 132 Å². The number of anilines is 1. The molecule has 0 radical (unpaired) electrons. The Morgan fingerprint density at radius 1 is 1.48 bits per heavy atom. The molecule has 1 aliphatic heterocycles. The Bertz CT molecular complexity index is 468. The molecule has 2 rings (SSSR count). The van der Waals surface area contributed by atoms with Crippen LogP contribution in [-0.2, 0) is 11.3 Å². The third-order valence-corrected chi connectivity index (χ3v) is 4.07. The normalized spacial score (nSPS) is 22.9.